The van der Waals surface area contributed by atoms with Gasteiger partial charge in [0.15, 0.2) is 6.61 Å². The van der Waals surface area contributed by atoms with Gasteiger partial charge in [0, 0.05) is 6.04 Å². The zero-order valence-corrected chi connectivity index (χ0v) is 16.4. The number of hydrogen-bond acceptors (Lipinski definition) is 4. The van der Waals surface area contributed by atoms with E-state index in [1.807, 2.05) is 0 Å². The van der Waals surface area contributed by atoms with Crippen molar-refractivity contribution in [3.05, 3.63) is 0 Å². The Hall–Kier alpha value is -1.59. The summed E-state index contributed by atoms with van der Waals surface area (Å²) in [7, 11) is 0. The molecule has 2 N–H and O–H groups in total. The number of esters is 1. The number of urea groups is 1. The molecule has 0 atom stereocenters. The van der Waals surface area contributed by atoms with Gasteiger partial charge in [-0.3, -0.25) is 14.9 Å². The SMILES string of the molecule is CC(C)(C)C1CCC(C(=O)OCC(=O)NC(=O)NC2CCCCC2)CC1. The number of carbonyl (C=O) groups excluding carboxylic acids is 3. The predicted molar refractivity (Wildman–Crippen MR) is 99.4 cm³/mol. The molecule has 0 aromatic rings. The maximum Gasteiger partial charge on any atom is 0.321 e. The molecule has 6 nitrogen and oxygen atoms in total. The minimum atomic E-state index is -0.574. The molecule has 6 heteroatoms. The highest BCUT2D eigenvalue weighted by Crippen LogP contribution is 2.40. The largest absolute Gasteiger partial charge is 0.455 e. The van der Waals surface area contributed by atoms with Crippen LogP contribution in [0.5, 0.6) is 0 Å². The highest BCUT2D eigenvalue weighted by molar-refractivity contribution is 5.95. The summed E-state index contributed by atoms with van der Waals surface area (Å²) >= 11 is 0. The van der Waals surface area contributed by atoms with E-state index in [0.717, 1.165) is 51.4 Å². The molecule has 0 spiro atoms. The average molecular weight is 367 g/mol. The molecule has 2 fully saturated rings. The lowest BCUT2D eigenvalue weighted by Gasteiger charge is -2.36. The van der Waals surface area contributed by atoms with E-state index < -0.39 is 18.5 Å². The second kappa shape index (κ2) is 9.38. The summed E-state index contributed by atoms with van der Waals surface area (Å²) in [5.74, 6) is -0.397. The van der Waals surface area contributed by atoms with Gasteiger partial charge in [0.25, 0.3) is 5.91 Å². The highest BCUT2D eigenvalue weighted by atomic mass is 16.5. The molecule has 0 aromatic heterocycles. The molecular weight excluding hydrogens is 332 g/mol. The lowest BCUT2D eigenvalue weighted by atomic mass is 9.70. The molecule has 0 radical (unpaired) electrons. The van der Waals surface area contributed by atoms with Gasteiger partial charge in [-0.15, -0.1) is 0 Å². The minimum absolute atomic E-state index is 0.127. The van der Waals surface area contributed by atoms with E-state index >= 15 is 0 Å². The summed E-state index contributed by atoms with van der Waals surface area (Å²) in [4.78, 5) is 35.8. The zero-order chi connectivity index (χ0) is 19.2. The lowest BCUT2D eigenvalue weighted by Crippen LogP contribution is -2.46. The van der Waals surface area contributed by atoms with E-state index in [4.69, 9.17) is 4.74 Å². The number of nitrogens with one attached hydrogen (secondary N) is 2. The normalized spacial score (nSPS) is 24.6. The average Bonchev–Trinajstić information content (AvgIpc) is 2.59. The van der Waals surface area contributed by atoms with Crippen LogP contribution in [0.15, 0.2) is 0 Å². The third kappa shape index (κ3) is 6.61. The number of ether oxygens (including phenoxy) is 1. The van der Waals surface area contributed by atoms with E-state index in [1.54, 1.807) is 0 Å². The standard InChI is InChI=1S/C20H34N2O4/c1-20(2,3)15-11-9-14(10-12-15)18(24)26-13-17(23)22-19(25)21-16-7-5-4-6-8-16/h14-16H,4-13H2,1-3H3,(H2,21,22,23,25). The predicted octanol–water partition coefficient (Wildman–Crippen LogP) is 3.54. The van der Waals surface area contributed by atoms with Crippen LogP contribution in [-0.4, -0.2) is 30.6 Å². The third-order valence-electron chi connectivity index (χ3n) is 5.82. The molecule has 2 saturated carbocycles. The van der Waals surface area contributed by atoms with E-state index in [-0.39, 0.29) is 23.3 Å². The topological polar surface area (TPSA) is 84.5 Å². The number of rotatable bonds is 4. The molecule has 0 bridgehead atoms. The van der Waals surface area contributed by atoms with E-state index in [1.165, 1.54) is 6.42 Å². The molecule has 2 aliphatic carbocycles. The Morgan fingerprint density at radius 1 is 0.923 bits per heavy atom. The van der Waals surface area contributed by atoms with Gasteiger partial charge in [0.05, 0.1) is 5.92 Å². The van der Waals surface area contributed by atoms with Crippen molar-refractivity contribution in [2.24, 2.45) is 17.3 Å². The van der Waals surface area contributed by atoms with Crippen molar-refractivity contribution in [2.75, 3.05) is 6.61 Å². The fraction of sp³-hybridized carbons (Fsp3) is 0.850. The first-order valence-corrected chi connectivity index (χ1v) is 10.0. The van der Waals surface area contributed by atoms with Gasteiger partial charge in [0.1, 0.15) is 0 Å². The van der Waals surface area contributed by atoms with Crippen LogP contribution >= 0.6 is 0 Å². The summed E-state index contributed by atoms with van der Waals surface area (Å²) in [6.07, 6.45) is 8.96. The van der Waals surface area contributed by atoms with Crippen LogP contribution in [0.25, 0.3) is 0 Å². The number of hydrogen-bond donors (Lipinski definition) is 2. The van der Waals surface area contributed by atoms with Gasteiger partial charge < -0.3 is 10.1 Å². The third-order valence-corrected chi connectivity index (χ3v) is 5.82. The summed E-state index contributed by atoms with van der Waals surface area (Å²) < 4.78 is 5.12. The van der Waals surface area contributed by atoms with Crippen molar-refractivity contribution in [1.82, 2.24) is 10.6 Å². The van der Waals surface area contributed by atoms with Gasteiger partial charge in [-0.05, 0) is 49.9 Å². The number of amides is 3. The Morgan fingerprint density at radius 2 is 1.54 bits per heavy atom. The molecule has 0 heterocycles. The van der Waals surface area contributed by atoms with Crippen LogP contribution in [0.2, 0.25) is 0 Å². The Kier molecular flexibility index (Phi) is 7.47. The number of imide groups is 1. The fourth-order valence-corrected chi connectivity index (χ4v) is 4.08. The fourth-order valence-electron chi connectivity index (χ4n) is 4.08. The molecular formula is C20H34N2O4. The zero-order valence-electron chi connectivity index (χ0n) is 16.4. The molecule has 3 amide bonds. The van der Waals surface area contributed by atoms with Gasteiger partial charge in [0.2, 0.25) is 0 Å². The Balaban J connectivity index is 1.64. The molecule has 0 unspecified atom stereocenters. The molecule has 0 aliphatic heterocycles. The van der Waals surface area contributed by atoms with Crippen molar-refractivity contribution in [1.29, 1.82) is 0 Å². The van der Waals surface area contributed by atoms with Crippen LogP contribution in [-0.2, 0) is 14.3 Å². The Labute approximate surface area is 156 Å². The van der Waals surface area contributed by atoms with Crippen LogP contribution in [0.3, 0.4) is 0 Å². The maximum absolute atomic E-state index is 12.2. The second-order valence-electron chi connectivity index (χ2n) is 8.88. The maximum atomic E-state index is 12.2. The molecule has 0 aromatic carbocycles. The van der Waals surface area contributed by atoms with Crippen LogP contribution in [0.4, 0.5) is 4.79 Å². The smallest absolute Gasteiger partial charge is 0.321 e. The van der Waals surface area contributed by atoms with Crippen LogP contribution in [0.1, 0.15) is 78.6 Å². The van der Waals surface area contributed by atoms with Crippen molar-refractivity contribution in [2.45, 2.75) is 84.6 Å². The lowest BCUT2D eigenvalue weighted by molar-refractivity contribution is -0.153. The van der Waals surface area contributed by atoms with Crippen LogP contribution in [0, 0.1) is 17.3 Å². The quantitative estimate of drug-likeness (QED) is 0.745. The van der Waals surface area contributed by atoms with E-state index in [2.05, 4.69) is 31.4 Å². The number of carbonyl (C=O) groups is 3. The molecule has 2 aliphatic rings. The molecule has 2 rings (SSSR count). The van der Waals surface area contributed by atoms with E-state index in [9.17, 15) is 14.4 Å². The summed E-state index contributed by atoms with van der Waals surface area (Å²) in [6, 6.07) is -0.360. The van der Waals surface area contributed by atoms with Crippen LogP contribution < -0.4 is 10.6 Å². The monoisotopic (exact) mass is 366 g/mol. The molecule has 0 saturated heterocycles. The van der Waals surface area contributed by atoms with Crippen molar-refractivity contribution in [3.8, 4) is 0 Å². The first-order valence-electron chi connectivity index (χ1n) is 10.0. The first kappa shape index (κ1) is 20.7. The first-order chi connectivity index (χ1) is 12.3. The Bertz CT molecular complexity index is 498. The summed E-state index contributed by atoms with van der Waals surface area (Å²) in [5.41, 5.74) is 0.264. The van der Waals surface area contributed by atoms with E-state index in [0.29, 0.717) is 5.92 Å². The summed E-state index contributed by atoms with van der Waals surface area (Å²) in [6.45, 7) is 6.31. The minimum Gasteiger partial charge on any atom is -0.455 e. The highest BCUT2D eigenvalue weighted by Gasteiger charge is 2.33. The van der Waals surface area contributed by atoms with Gasteiger partial charge in [-0.1, -0.05) is 40.0 Å². The Morgan fingerprint density at radius 3 is 2.12 bits per heavy atom. The van der Waals surface area contributed by atoms with Crippen molar-refractivity contribution >= 4 is 17.9 Å². The summed E-state index contributed by atoms with van der Waals surface area (Å²) in [5, 5.41) is 5.05. The molecule has 26 heavy (non-hydrogen) atoms. The van der Waals surface area contributed by atoms with Gasteiger partial charge >= 0.3 is 12.0 Å². The van der Waals surface area contributed by atoms with Gasteiger partial charge in [-0.25, -0.2) is 4.79 Å². The van der Waals surface area contributed by atoms with Crippen molar-refractivity contribution in [3.63, 3.8) is 0 Å². The van der Waals surface area contributed by atoms with Crippen molar-refractivity contribution < 1.29 is 19.1 Å². The second-order valence-corrected chi connectivity index (χ2v) is 8.88. The molecule has 148 valence electrons. The van der Waals surface area contributed by atoms with Gasteiger partial charge in [-0.2, -0.15) is 0 Å².